The van der Waals surface area contributed by atoms with E-state index in [9.17, 15) is 9.90 Å². The first kappa shape index (κ1) is 18.1. The summed E-state index contributed by atoms with van der Waals surface area (Å²) in [6.45, 7) is 2.34. The molecular weight excluding hydrogens is 338 g/mol. The summed E-state index contributed by atoms with van der Waals surface area (Å²) in [5.41, 5.74) is 3.06. The van der Waals surface area contributed by atoms with Crippen molar-refractivity contribution < 1.29 is 14.6 Å². The fraction of sp³-hybridized carbons (Fsp3) is 0.435. The van der Waals surface area contributed by atoms with Crippen molar-refractivity contribution >= 4 is 5.91 Å². The highest BCUT2D eigenvalue weighted by Gasteiger charge is 2.49. The van der Waals surface area contributed by atoms with E-state index in [-0.39, 0.29) is 24.3 Å². The van der Waals surface area contributed by atoms with Crippen LogP contribution in [0.4, 0.5) is 0 Å². The highest BCUT2D eigenvalue weighted by molar-refractivity contribution is 5.78. The average molecular weight is 365 g/mol. The number of morpholine rings is 1. The average Bonchev–Trinajstić information content (AvgIpc) is 2.68. The summed E-state index contributed by atoms with van der Waals surface area (Å²) >= 11 is 0. The van der Waals surface area contributed by atoms with Gasteiger partial charge in [-0.25, -0.2) is 0 Å². The van der Waals surface area contributed by atoms with E-state index in [0.717, 1.165) is 37.7 Å². The highest BCUT2D eigenvalue weighted by atomic mass is 16.5. The lowest BCUT2D eigenvalue weighted by atomic mass is 9.70. The monoisotopic (exact) mass is 365 g/mol. The van der Waals surface area contributed by atoms with Crippen LogP contribution in [0.2, 0.25) is 0 Å². The van der Waals surface area contributed by atoms with Crippen molar-refractivity contribution in [2.45, 2.75) is 50.7 Å². The van der Waals surface area contributed by atoms with Crippen molar-refractivity contribution in [2.75, 3.05) is 6.61 Å². The molecule has 1 heterocycles. The number of aryl methyl sites for hydroxylation is 2. The zero-order valence-electron chi connectivity index (χ0n) is 15.8. The highest BCUT2D eigenvalue weighted by Crippen LogP contribution is 2.46. The Kier molecular flexibility index (Phi) is 4.92. The second kappa shape index (κ2) is 7.35. The number of carbonyl (C=O) groups excluding carboxylic acids is 1. The summed E-state index contributed by atoms with van der Waals surface area (Å²) < 4.78 is 6.26. The zero-order valence-corrected chi connectivity index (χ0v) is 15.8. The number of phenols is 1. The van der Waals surface area contributed by atoms with Gasteiger partial charge in [-0.15, -0.1) is 0 Å². The third-order valence-electron chi connectivity index (χ3n) is 6.03. The van der Waals surface area contributed by atoms with E-state index in [1.54, 1.807) is 6.07 Å². The molecule has 1 fully saturated rings. The molecule has 142 valence electrons. The lowest BCUT2D eigenvalue weighted by Crippen LogP contribution is -2.60. The van der Waals surface area contributed by atoms with E-state index in [0.29, 0.717) is 5.92 Å². The molecule has 3 atom stereocenters. The van der Waals surface area contributed by atoms with E-state index in [1.165, 1.54) is 11.1 Å². The number of ether oxygens (including phenoxy) is 1. The van der Waals surface area contributed by atoms with Gasteiger partial charge in [-0.2, -0.15) is 0 Å². The molecule has 1 aliphatic heterocycles. The molecule has 1 aliphatic carbocycles. The molecular formula is C23H27NO3. The Hall–Kier alpha value is -2.33. The quantitative estimate of drug-likeness (QED) is 0.849. The Bertz CT molecular complexity index is 820. The molecule has 1 saturated heterocycles. The van der Waals surface area contributed by atoms with Crippen LogP contribution in [-0.4, -0.2) is 23.7 Å². The summed E-state index contributed by atoms with van der Waals surface area (Å²) in [7, 11) is 0. The minimum absolute atomic E-state index is 0.0350. The molecule has 2 aliphatic rings. The Morgan fingerprint density at radius 1 is 1.26 bits per heavy atom. The zero-order chi connectivity index (χ0) is 18.9. The van der Waals surface area contributed by atoms with Gasteiger partial charge in [0.2, 0.25) is 5.91 Å². The van der Waals surface area contributed by atoms with Crippen molar-refractivity contribution in [3.05, 3.63) is 65.2 Å². The molecule has 2 aromatic rings. The van der Waals surface area contributed by atoms with Crippen LogP contribution in [-0.2, 0) is 28.0 Å². The second-order valence-electron chi connectivity index (χ2n) is 8.01. The number of benzene rings is 2. The SMILES string of the molecule is CC(CCc1ccccc1)C[C@]12OCC(=O)N[C@@H]1CCc1ccc(O)cc12. The van der Waals surface area contributed by atoms with Gasteiger partial charge in [-0.3, -0.25) is 4.79 Å². The molecule has 0 aromatic heterocycles. The van der Waals surface area contributed by atoms with Gasteiger partial charge >= 0.3 is 0 Å². The first-order valence-corrected chi connectivity index (χ1v) is 9.86. The number of carbonyl (C=O) groups is 1. The smallest absolute Gasteiger partial charge is 0.246 e. The Morgan fingerprint density at radius 2 is 2.07 bits per heavy atom. The number of rotatable bonds is 5. The molecule has 1 amide bonds. The first-order valence-electron chi connectivity index (χ1n) is 9.86. The van der Waals surface area contributed by atoms with Crippen molar-refractivity contribution in [3.63, 3.8) is 0 Å². The Labute approximate surface area is 160 Å². The van der Waals surface area contributed by atoms with Gasteiger partial charge in [0.25, 0.3) is 0 Å². The van der Waals surface area contributed by atoms with Crippen LogP contribution in [0.25, 0.3) is 0 Å². The van der Waals surface area contributed by atoms with Crippen molar-refractivity contribution in [3.8, 4) is 5.75 Å². The fourth-order valence-corrected chi connectivity index (χ4v) is 4.68. The number of phenolic OH excluding ortho intramolecular Hbond substituents is 1. The standard InChI is InChI=1S/C23H27NO3/c1-16(7-8-17-5-3-2-4-6-17)14-23-20-13-19(25)11-9-18(20)10-12-21(23)24-22(26)15-27-23/h2-6,9,11,13,16,21,25H,7-8,10,12,14-15H2,1H3,(H,24,26)/t16?,21-,23-/m1/s1. The van der Waals surface area contributed by atoms with Gasteiger partial charge in [0.1, 0.15) is 18.0 Å². The molecule has 27 heavy (non-hydrogen) atoms. The van der Waals surface area contributed by atoms with Gasteiger partial charge in [-0.05, 0) is 66.8 Å². The minimum atomic E-state index is -0.545. The van der Waals surface area contributed by atoms with Crippen LogP contribution < -0.4 is 5.32 Å². The lowest BCUT2D eigenvalue weighted by molar-refractivity contribution is -0.160. The molecule has 1 unspecified atom stereocenters. The van der Waals surface area contributed by atoms with Crippen LogP contribution in [0, 0.1) is 5.92 Å². The second-order valence-corrected chi connectivity index (χ2v) is 8.01. The maximum Gasteiger partial charge on any atom is 0.246 e. The molecule has 4 rings (SSSR count). The van der Waals surface area contributed by atoms with E-state index in [2.05, 4.69) is 36.5 Å². The maximum absolute atomic E-state index is 12.0. The number of hydrogen-bond acceptors (Lipinski definition) is 3. The van der Waals surface area contributed by atoms with Crippen LogP contribution in [0.1, 0.15) is 42.9 Å². The molecule has 0 spiro atoms. The number of nitrogens with one attached hydrogen (secondary N) is 1. The predicted octanol–water partition coefficient (Wildman–Crippen LogP) is 3.71. The number of amides is 1. The predicted molar refractivity (Wildman–Crippen MR) is 105 cm³/mol. The number of aromatic hydroxyl groups is 1. The van der Waals surface area contributed by atoms with E-state index in [4.69, 9.17) is 4.74 Å². The largest absolute Gasteiger partial charge is 0.508 e. The first-order chi connectivity index (χ1) is 13.1. The van der Waals surface area contributed by atoms with Crippen molar-refractivity contribution in [1.82, 2.24) is 5.32 Å². The van der Waals surface area contributed by atoms with Crippen molar-refractivity contribution in [1.29, 1.82) is 0 Å². The molecule has 0 radical (unpaired) electrons. The summed E-state index contributed by atoms with van der Waals surface area (Å²) in [4.78, 5) is 12.0. The minimum Gasteiger partial charge on any atom is -0.508 e. The molecule has 2 aromatic carbocycles. The van der Waals surface area contributed by atoms with E-state index >= 15 is 0 Å². The number of fused-ring (bicyclic) bond motifs is 3. The molecule has 2 N–H and O–H groups in total. The van der Waals surface area contributed by atoms with Gasteiger partial charge in [-0.1, -0.05) is 43.3 Å². The molecule has 0 bridgehead atoms. The fourth-order valence-electron chi connectivity index (χ4n) is 4.68. The van der Waals surface area contributed by atoms with Crippen LogP contribution in [0.15, 0.2) is 48.5 Å². The summed E-state index contributed by atoms with van der Waals surface area (Å²) in [6.07, 6.45) is 4.69. The topological polar surface area (TPSA) is 58.6 Å². The Morgan fingerprint density at radius 3 is 2.89 bits per heavy atom. The summed E-state index contributed by atoms with van der Waals surface area (Å²) in [5.74, 6) is 0.637. The van der Waals surface area contributed by atoms with Crippen molar-refractivity contribution in [2.24, 2.45) is 5.92 Å². The molecule has 4 nitrogen and oxygen atoms in total. The third kappa shape index (κ3) is 3.59. The molecule has 4 heteroatoms. The Balaban J connectivity index is 1.58. The van der Waals surface area contributed by atoms with Crippen LogP contribution in [0.3, 0.4) is 0 Å². The van der Waals surface area contributed by atoms with Gasteiger partial charge in [0.05, 0.1) is 6.04 Å². The van der Waals surface area contributed by atoms with Crippen LogP contribution in [0.5, 0.6) is 5.75 Å². The summed E-state index contributed by atoms with van der Waals surface area (Å²) in [6, 6.07) is 16.1. The van der Waals surface area contributed by atoms with Crippen LogP contribution >= 0.6 is 0 Å². The third-order valence-corrected chi connectivity index (χ3v) is 6.03. The normalized spacial score (nSPS) is 25.2. The van der Waals surface area contributed by atoms with E-state index < -0.39 is 5.60 Å². The maximum atomic E-state index is 12.0. The van der Waals surface area contributed by atoms with E-state index in [1.807, 2.05) is 18.2 Å². The van der Waals surface area contributed by atoms with Gasteiger partial charge in [0, 0.05) is 0 Å². The molecule has 0 saturated carbocycles. The number of hydrogen-bond donors (Lipinski definition) is 2. The van der Waals surface area contributed by atoms with Gasteiger partial charge in [0.15, 0.2) is 0 Å². The lowest BCUT2D eigenvalue weighted by Gasteiger charge is -2.49. The summed E-state index contributed by atoms with van der Waals surface area (Å²) in [5, 5.41) is 13.2. The van der Waals surface area contributed by atoms with Gasteiger partial charge < -0.3 is 15.2 Å².